The third-order valence-corrected chi connectivity index (χ3v) is 4.51. The number of ether oxygens (including phenoxy) is 4. The van der Waals surface area contributed by atoms with Gasteiger partial charge >= 0.3 is 18.3 Å². The summed E-state index contributed by atoms with van der Waals surface area (Å²) in [5.41, 5.74) is -0.892. The van der Waals surface area contributed by atoms with E-state index in [9.17, 15) is 14.4 Å². The molecule has 1 aromatic rings. The van der Waals surface area contributed by atoms with Gasteiger partial charge in [-0.2, -0.15) is 4.99 Å². The fourth-order valence-corrected chi connectivity index (χ4v) is 3.05. The Morgan fingerprint density at radius 2 is 1.67 bits per heavy atom. The van der Waals surface area contributed by atoms with Crippen molar-refractivity contribution in [1.29, 1.82) is 0 Å². The molecule has 0 fully saturated rings. The highest BCUT2D eigenvalue weighted by atomic mass is 32.2. The van der Waals surface area contributed by atoms with Crippen LogP contribution < -0.4 is 10.1 Å². The van der Waals surface area contributed by atoms with Crippen LogP contribution in [0.15, 0.2) is 41.9 Å². The van der Waals surface area contributed by atoms with Gasteiger partial charge in [-0.1, -0.05) is 24.4 Å². The summed E-state index contributed by atoms with van der Waals surface area (Å²) in [6, 6.07) is 6.76. The van der Waals surface area contributed by atoms with Crippen molar-refractivity contribution in [2.75, 3.05) is 31.3 Å². The summed E-state index contributed by atoms with van der Waals surface area (Å²) in [6.45, 7) is 14.6. The number of carbonyl (C=O) groups excluding carboxylic acids is 3. The van der Waals surface area contributed by atoms with Crippen LogP contribution in [0.4, 0.5) is 20.1 Å². The lowest BCUT2D eigenvalue weighted by molar-refractivity contribution is 0.0368. The lowest BCUT2D eigenvalue weighted by Gasteiger charge is -2.27. The zero-order valence-electron chi connectivity index (χ0n) is 22.1. The molecular formula is C25H37N3O7S. The zero-order valence-corrected chi connectivity index (χ0v) is 22.9. The van der Waals surface area contributed by atoms with E-state index in [1.807, 2.05) is 0 Å². The first-order valence-corrected chi connectivity index (χ1v) is 12.6. The molecule has 0 bridgehead atoms. The Hall–Kier alpha value is -3.21. The minimum atomic E-state index is -0.793. The molecule has 10 nitrogen and oxygen atoms in total. The fraction of sp³-hybridized carbons (Fsp3) is 0.520. The van der Waals surface area contributed by atoms with E-state index < -0.39 is 29.5 Å². The average Bonchev–Trinajstić information content (AvgIpc) is 2.75. The second kappa shape index (κ2) is 14.4. The standard InChI is InChI=1S/C25H37N3O7S/c1-9-16-33-21(29)26-18-11-13-19(14-12-18)32-17-10-15-28(23(31)35-25(5,6)7)20(36-8)27-22(30)34-24(2,3)4/h9,11-14H,1,10,15-17H2,2-8H3,(H,26,29). The van der Waals surface area contributed by atoms with Gasteiger partial charge in [0.15, 0.2) is 5.17 Å². The van der Waals surface area contributed by atoms with Crippen LogP contribution >= 0.6 is 11.8 Å². The van der Waals surface area contributed by atoms with Crippen LogP contribution in [0.1, 0.15) is 48.0 Å². The molecule has 0 unspecified atom stereocenters. The number of aliphatic imine (C=N–C) groups is 1. The van der Waals surface area contributed by atoms with Gasteiger partial charge in [0.25, 0.3) is 0 Å². The number of anilines is 1. The van der Waals surface area contributed by atoms with Gasteiger partial charge in [-0.3, -0.25) is 10.2 Å². The number of thioether (sulfide) groups is 1. The van der Waals surface area contributed by atoms with E-state index in [-0.39, 0.29) is 24.9 Å². The maximum absolute atomic E-state index is 12.8. The molecule has 0 saturated heterocycles. The predicted molar refractivity (Wildman–Crippen MR) is 142 cm³/mol. The lowest BCUT2D eigenvalue weighted by atomic mass is 10.2. The number of amidine groups is 1. The number of nitrogens with one attached hydrogen (secondary N) is 1. The first-order chi connectivity index (χ1) is 16.7. The Morgan fingerprint density at radius 1 is 1.06 bits per heavy atom. The number of benzene rings is 1. The minimum absolute atomic E-state index is 0.119. The molecule has 0 saturated carbocycles. The highest BCUT2D eigenvalue weighted by molar-refractivity contribution is 8.13. The summed E-state index contributed by atoms with van der Waals surface area (Å²) in [4.78, 5) is 41.9. The normalized spacial score (nSPS) is 11.8. The van der Waals surface area contributed by atoms with Crippen molar-refractivity contribution in [2.45, 2.75) is 59.2 Å². The molecule has 0 aliphatic heterocycles. The molecule has 0 aliphatic rings. The van der Waals surface area contributed by atoms with E-state index in [0.717, 1.165) is 11.8 Å². The molecule has 200 valence electrons. The Kier molecular flexibility index (Phi) is 12.3. The third kappa shape index (κ3) is 13.0. The van der Waals surface area contributed by atoms with E-state index in [1.54, 1.807) is 72.1 Å². The molecule has 1 aromatic carbocycles. The summed E-state index contributed by atoms with van der Waals surface area (Å²) in [7, 11) is 0. The molecule has 1 rings (SSSR count). The summed E-state index contributed by atoms with van der Waals surface area (Å²) >= 11 is 1.14. The zero-order chi connectivity index (χ0) is 27.4. The molecule has 0 spiro atoms. The number of rotatable bonds is 8. The number of nitrogens with zero attached hydrogens (tertiary/aromatic N) is 2. The molecule has 0 radical (unpaired) electrons. The second-order valence-electron chi connectivity index (χ2n) is 9.45. The molecule has 11 heteroatoms. The van der Waals surface area contributed by atoms with Crippen molar-refractivity contribution in [3.8, 4) is 5.75 Å². The number of amides is 3. The van der Waals surface area contributed by atoms with Gasteiger partial charge in [0.1, 0.15) is 23.6 Å². The number of hydrogen-bond donors (Lipinski definition) is 1. The lowest BCUT2D eigenvalue weighted by Crippen LogP contribution is -2.41. The molecule has 36 heavy (non-hydrogen) atoms. The van der Waals surface area contributed by atoms with E-state index in [2.05, 4.69) is 16.9 Å². The summed E-state index contributed by atoms with van der Waals surface area (Å²) in [5, 5.41) is 2.75. The SMILES string of the molecule is C=CCOC(=O)Nc1ccc(OCCCN(C(=O)OC(C)(C)C)C(=NC(=O)OC(C)(C)C)SC)cc1. The van der Waals surface area contributed by atoms with Gasteiger partial charge in [0.05, 0.1) is 6.61 Å². The fourth-order valence-electron chi connectivity index (χ4n) is 2.50. The van der Waals surface area contributed by atoms with E-state index in [1.165, 1.54) is 11.0 Å². The van der Waals surface area contributed by atoms with Crippen molar-refractivity contribution >= 4 is 40.9 Å². The van der Waals surface area contributed by atoms with Crippen molar-refractivity contribution in [3.05, 3.63) is 36.9 Å². The van der Waals surface area contributed by atoms with Crippen molar-refractivity contribution < 1.29 is 33.3 Å². The van der Waals surface area contributed by atoms with Gasteiger partial charge in [0, 0.05) is 12.2 Å². The van der Waals surface area contributed by atoms with Crippen LogP contribution in [0.3, 0.4) is 0 Å². The second-order valence-corrected chi connectivity index (χ2v) is 10.2. The minimum Gasteiger partial charge on any atom is -0.494 e. The van der Waals surface area contributed by atoms with Gasteiger partial charge < -0.3 is 18.9 Å². The van der Waals surface area contributed by atoms with E-state index in [0.29, 0.717) is 17.9 Å². The summed E-state index contributed by atoms with van der Waals surface area (Å²) < 4.78 is 21.4. The molecule has 1 N–H and O–H groups in total. The van der Waals surface area contributed by atoms with Gasteiger partial charge in [-0.05, 0) is 78.5 Å². The quantitative estimate of drug-likeness (QED) is 0.143. The maximum atomic E-state index is 12.8. The Bertz CT molecular complexity index is 919. The largest absolute Gasteiger partial charge is 0.494 e. The molecule has 3 amide bonds. The smallest absolute Gasteiger partial charge is 0.436 e. The molecule has 0 aliphatic carbocycles. The first kappa shape index (κ1) is 30.8. The van der Waals surface area contributed by atoms with Crippen LogP contribution in [0.5, 0.6) is 5.75 Å². The third-order valence-electron chi connectivity index (χ3n) is 3.84. The van der Waals surface area contributed by atoms with Crippen molar-refractivity contribution in [3.63, 3.8) is 0 Å². The average molecular weight is 524 g/mol. The van der Waals surface area contributed by atoms with Crippen LogP contribution in [-0.4, -0.2) is 65.6 Å². The number of carbonyl (C=O) groups is 3. The van der Waals surface area contributed by atoms with Gasteiger partial charge in [-0.25, -0.2) is 14.4 Å². The molecule has 0 atom stereocenters. The molecule has 0 heterocycles. The first-order valence-electron chi connectivity index (χ1n) is 11.4. The summed E-state index contributed by atoms with van der Waals surface area (Å²) in [6.07, 6.45) is 1.62. The van der Waals surface area contributed by atoms with E-state index >= 15 is 0 Å². The highest BCUT2D eigenvalue weighted by Gasteiger charge is 2.27. The summed E-state index contributed by atoms with van der Waals surface area (Å²) in [5.74, 6) is 0.580. The molecule has 0 aromatic heterocycles. The van der Waals surface area contributed by atoms with Crippen molar-refractivity contribution in [2.24, 2.45) is 4.99 Å². The van der Waals surface area contributed by atoms with Crippen molar-refractivity contribution in [1.82, 2.24) is 4.90 Å². The Labute approximate surface area is 217 Å². The topological polar surface area (TPSA) is 116 Å². The van der Waals surface area contributed by atoms with Crippen LogP contribution in [-0.2, 0) is 14.2 Å². The van der Waals surface area contributed by atoms with Gasteiger partial charge in [0.2, 0.25) is 0 Å². The Morgan fingerprint density at radius 3 is 2.19 bits per heavy atom. The predicted octanol–water partition coefficient (Wildman–Crippen LogP) is 6.08. The monoisotopic (exact) mass is 523 g/mol. The van der Waals surface area contributed by atoms with Crippen LogP contribution in [0, 0.1) is 0 Å². The van der Waals surface area contributed by atoms with Crippen LogP contribution in [0.25, 0.3) is 0 Å². The molecular weight excluding hydrogens is 486 g/mol. The van der Waals surface area contributed by atoms with Crippen LogP contribution in [0.2, 0.25) is 0 Å². The number of hydrogen-bond acceptors (Lipinski definition) is 8. The highest BCUT2D eigenvalue weighted by Crippen LogP contribution is 2.18. The maximum Gasteiger partial charge on any atom is 0.436 e. The van der Waals surface area contributed by atoms with Gasteiger partial charge in [-0.15, -0.1) is 0 Å². The Balaban J connectivity index is 2.79. The van der Waals surface area contributed by atoms with E-state index in [4.69, 9.17) is 18.9 Å².